The lowest BCUT2D eigenvalue weighted by molar-refractivity contribution is -0.121. The molecule has 0 aliphatic heterocycles. The van der Waals surface area contributed by atoms with Gasteiger partial charge in [-0.1, -0.05) is 19.1 Å². The fraction of sp³-hybridized carbons (Fsp3) is 0.500. The molecule has 1 aromatic rings. The number of aliphatic hydroxyl groups is 1. The minimum atomic E-state index is -1.19. The Morgan fingerprint density at radius 1 is 1.42 bits per heavy atom. The second kappa shape index (κ2) is 7.50. The first-order valence-electron chi connectivity index (χ1n) is 6.28. The highest BCUT2D eigenvalue weighted by molar-refractivity contribution is 7.99. The van der Waals surface area contributed by atoms with Crippen molar-refractivity contribution >= 4 is 17.7 Å². The van der Waals surface area contributed by atoms with E-state index in [0.717, 1.165) is 11.5 Å². The third-order valence-corrected chi connectivity index (χ3v) is 3.67. The van der Waals surface area contributed by atoms with Gasteiger partial charge in [-0.25, -0.2) is 4.39 Å². The maximum absolute atomic E-state index is 12.8. The van der Waals surface area contributed by atoms with Gasteiger partial charge >= 0.3 is 0 Å². The lowest BCUT2D eigenvalue weighted by atomic mass is 9.96. The monoisotopic (exact) mass is 285 g/mol. The highest BCUT2D eigenvalue weighted by Gasteiger charge is 2.23. The van der Waals surface area contributed by atoms with E-state index in [4.69, 9.17) is 0 Å². The molecule has 0 bridgehead atoms. The standard InChI is InChI=1S/C14H20FNO2S/c1-3-19-9-8-13(17)16-10-14(2,18)11-4-6-12(15)7-5-11/h4-7,18H,3,8-10H2,1-2H3,(H,16,17). The molecule has 0 spiro atoms. The summed E-state index contributed by atoms with van der Waals surface area (Å²) in [6.45, 7) is 3.76. The average Bonchev–Trinajstić information content (AvgIpc) is 2.37. The highest BCUT2D eigenvalue weighted by atomic mass is 32.2. The summed E-state index contributed by atoms with van der Waals surface area (Å²) in [7, 11) is 0. The summed E-state index contributed by atoms with van der Waals surface area (Å²) < 4.78 is 12.8. The molecule has 0 saturated carbocycles. The number of carbonyl (C=O) groups excluding carboxylic acids is 1. The average molecular weight is 285 g/mol. The molecule has 3 nitrogen and oxygen atoms in total. The minimum Gasteiger partial charge on any atom is -0.384 e. The van der Waals surface area contributed by atoms with Crippen LogP contribution >= 0.6 is 11.8 Å². The van der Waals surface area contributed by atoms with Gasteiger partial charge in [-0.15, -0.1) is 0 Å². The first-order valence-corrected chi connectivity index (χ1v) is 7.44. The maximum Gasteiger partial charge on any atom is 0.220 e. The van der Waals surface area contributed by atoms with Gasteiger partial charge in [0.25, 0.3) is 0 Å². The van der Waals surface area contributed by atoms with Crippen molar-refractivity contribution in [3.63, 3.8) is 0 Å². The van der Waals surface area contributed by atoms with Crippen LogP contribution in [0.15, 0.2) is 24.3 Å². The van der Waals surface area contributed by atoms with Crippen LogP contribution in [0.1, 0.15) is 25.8 Å². The molecule has 5 heteroatoms. The van der Waals surface area contributed by atoms with E-state index >= 15 is 0 Å². The molecule has 0 heterocycles. The summed E-state index contributed by atoms with van der Waals surface area (Å²) in [5.74, 6) is 1.34. The molecular weight excluding hydrogens is 265 g/mol. The Hall–Kier alpha value is -1.07. The van der Waals surface area contributed by atoms with Gasteiger partial charge in [0.05, 0.1) is 6.54 Å². The molecule has 0 aliphatic rings. The van der Waals surface area contributed by atoms with Gasteiger partial charge in [-0.3, -0.25) is 4.79 Å². The Morgan fingerprint density at radius 2 is 2.05 bits per heavy atom. The van der Waals surface area contributed by atoms with E-state index in [1.807, 2.05) is 6.92 Å². The zero-order valence-corrected chi connectivity index (χ0v) is 12.1. The molecule has 0 aromatic heterocycles. The molecule has 1 rings (SSSR count). The van der Waals surface area contributed by atoms with Gasteiger partial charge in [0.15, 0.2) is 0 Å². The molecule has 0 fully saturated rings. The van der Waals surface area contributed by atoms with Crippen molar-refractivity contribution in [2.75, 3.05) is 18.1 Å². The largest absolute Gasteiger partial charge is 0.384 e. The molecule has 1 amide bonds. The van der Waals surface area contributed by atoms with Crippen LogP contribution in [0, 0.1) is 5.82 Å². The van der Waals surface area contributed by atoms with Crippen molar-refractivity contribution in [2.24, 2.45) is 0 Å². The van der Waals surface area contributed by atoms with Crippen molar-refractivity contribution < 1.29 is 14.3 Å². The number of benzene rings is 1. The summed E-state index contributed by atoms with van der Waals surface area (Å²) in [6.07, 6.45) is 0.442. The number of thioether (sulfide) groups is 1. The summed E-state index contributed by atoms with van der Waals surface area (Å²) in [5, 5.41) is 13.0. The van der Waals surface area contributed by atoms with E-state index in [9.17, 15) is 14.3 Å². The first-order chi connectivity index (χ1) is 8.95. The second-order valence-electron chi connectivity index (χ2n) is 4.50. The molecular formula is C14H20FNO2S. The van der Waals surface area contributed by atoms with Crippen molar-refractivity contribution in [2.45, 2.75) is 25.9 Å². The zero-order chi connectivity index (χ0) is 14.3. The van der Waals surface area contributed by atoms with Crippen LogP contribution in [0.4, 0.5) is 4.39 Å². The number of amides is 1. The van der Waals surface area contributed by atoms with E-state index in [1.165, 1.54) is 24.3 Å². The van der Waals surface area contributed by atoms with Crippen LogP contribution in [0.5, 0.6) is 0 Å². The predicted molar refractivity (Wildman–Crippen MR) is 76.6 cm³/mol. The Labute approximate surface area is 117 Å². The quantitative estimate of drug-likeness (QED) is 0.756. The Kier molecular flexibility index (Phi) is 6.31. The van der Waals surface area contributed by atoms with Gasteiger partial charge < -0.3 is 10.4 Å². The summed E-state index contributed by atoms with van der Waals surface area (Å²) in [6, 6.07) is 5.63. The molecule has 0 aliphatic carbocycles. The lowest BCUT2D eigenvalue weighted by Crippen LogP contribution is -2.38. The van der Waals surface area contributed by atoms with E-state index in [0.29, 0.717) is 12.0 Å². The molecule has 1 unspecified atom stereocenters. The van der Waals surface area contributed by atoms with E-state index in [-0.39, 0.29) is 18.3 Å². The third kappa shape index (κ3) is 5.61. The minimum absolute atomic E-state index is 0.0802. The number of rotatable bonds is 7. The van der Waals surface area contributed by atoms with E-state index in [2.05, 4.69) is 5.32 Å². The van der Waals surface area contributed by atoms with Crippen LogP contribution in [-0.2, 0) is 10.4 Å². The number of carbonyl (C=O) groups is 1. The van der Waals surface area contributed by atoms with Gasteiger partial charge in [0.2, 0.25) is 5.91 Å². The predicted octanol–water partition coefficient (Wildman–Crippen LogP) is 2.29. The topological polar surface area (TPSA) is 49.3 Å². The molecule has 1 aromatic carbocycles. The Balaban J connectivity index is 2.46. The molecule has 1 atom stereocenters. The van der Waals surface area contributed by atoms with Gasteiger partial charge in [0.1, 0.15) is 11.4 Å². The SMILES string of the molecule is CCSCCC(=O)NCC(C)(O)c1ccc(F)cc1. The second-order valence-corrected chi connectivity index (χ2v) is 5.90. The molecule has 19 heavy (non-hydrogen) atoms. The fourth-order valence-corrected chi connectivity index (χ4v) is 2.20. The number of halogens is 1. The Bertz CT molecular complexity index is 406. The summed E-state index contributed by atoms with van der Waals surface area (Å²) in [4.78, 5) is 11.6. The van der Waals surface area contributed by atoms with Crippen molar-refractivity contribution in [1.29, 1.82) is 0 Å². The van der Waals surface area contributed by atoms with E-state index in [1.54, 1.807) is 18.7 Å². The third-order valence-electron chi connectivity index (χ3n) is 2.77. The van der Waals surface area contributed by atoms with Crippen LogP contribution in [0.3, 0.4) is 0 Å². The van der Waals surface area contributed by atoms with Crippen LogP contribution in [0.2, 0.25) is 0 Å². The summed E-state index contributed by atoms with van der Waals surface area (Å²) >= 11 is 1.70. The van der Waals surface area contributed by atoms with Crippen LogP contribution in [-0.4, -0.2) is 29.1 Å². The van der Waals surface area contributed by atoms with E-state index < -0.39 is 5.60 Å². The molecule has 0 radical (unpaired) electrons. The maximum atomic E-state index is 12.8. The molecule has 2 N–H and O–H groups in total. The summed E-state index contributed by atoms with van der Waals surface area (Å²) in [5.41, 5.74) is -0.613. The van der Waals surface area contributed by atoms with Crippen LogP contribution in [0.25, 0.3) is 0 Å². The fourth-order valence-electron chi connectivity index (χ4n) is 1.58. The van der Waals surface area contributed by atoms with Crippen LogP contribution < -0.4 is 5.32 Å². The highest BCUT2D eigenvalue weighted by Crippen LogP contribution is 2.19. The Morgan fingerprint density at radius 3 is 2.63 bits per heavy atom. The zero-order valence-electron chi connectivity index (χ0n) is 11.3. The van der Waals surface area contributed by atoms with Crippen molar-refractivity contribution in [3.8, 4) is 0 Å². The van der Waals surface area contributed by atoms with Gasteiger partial charge in [-0.2, -0.15) is 11.8 Å². The van der Waals surface area contributed by atoms with Gasteiger partial charge in [-0.05, 0) is 30.4 Å². The molecule has 0 saturated heterocycles. The van der Waals surface area contributed by atoms with Crippen molar-refractivity contribution in [3.05, 3.63) is 35.6 Å². The molecule has 106 valence electrons. The lowest BCUT2D eigenvalue weighted by Gasteiger charge is -2.24. The number of hydrogen-bond donors (Lipinski definition) is 2. The number of nitrogens with one attached hydrogen (secondary N) is 1. The number of hydrogen-bond acceptors (Lipinski definition) is 3. The normalized spacial score (nSPS) is 13.9. The first kappa shape index (κ1) is 16.0. The van der Waals surface area contributed by atoms with Crippen molar-refractivity contribution in [1.82, 2.24) is 5.32 Å². The smallest absolute Gasteiger partial charge is 0.220 e. The van der Waals surface area contributed by atoms with Gasteiger partial charge in [0, 0.05) is 12.2 Å².